The van der Waals surface area contributed by atoms with Crippen LogP contribution in [0, 0.1) is 5.92 Å². The van der Waals surface area contributed by atoms with Crippen LogP contribution in [0.4, 0.5) is 5.95 Å². The van der Waals surface area contributed by atoms with E-state index in [-0.39, 0.29) is 10.6 Å². The second-order valence-corrected chi connectivity index (χ2v) is 4.69. The van der Waals surface area contributed by atoms with Crippen molar-refractivity contribution >= 4 is 29.2 Å². The molecule has 1 aliphatic rings. The Labute approximate surface area is 105 Å². The lowest BCUT2D eigenvalue weighted by Gasteiger charge is -2.31. The molecule has 1 aromatic heterocycles. The molecule has 0 atom stereocenters. The Morgan fingerprint density at radius 3 is 2.19 bits per heavy atom. The Balaban J connectivity index is 2.08. The minimum absolute atomic E-state index is 0.160. The summed E-state index contributed by atoms with van der Waals surface area (Å²) in [6.07, 6.45) is 3.60. The second-order valence-electron chi connectivity index (χ2n) is 4.01. The average molecular weight is 261 g/mol. The standard InChI is InChI=1S/C10H14Cl2N4/c1-2-7-3-5-16(6-4-7)10-14-8(11)13-9(12)15-10/h7H,2-6H2,1H3. The molecular formula is C10H14Cl2N4. The molecule has 0 saturated carbocycles. The van der Waals surface area contributed by atoms with Crippen molar-refractivity contribution in [3.8, 4) is 0 Å². The molecule has 0 unspecified atom stereocenters. The maximum atomic E-state index is 5.75. The van der Waals surface area contributed by atoms with Crippen LogP contribution in [0.25, 0.3) is 0 Å². The highest BCUT2D eigenvalue weighted by atomic mass is 35.5. The lowest BCUT2D eigenvalue weighted by Crippen LogP contribution is -2.34. The van der Waals surface area contributed by atoms with Gasteiger partial charge in [0, 0.05) is 13.1 Å². The van der Waals surface area contributed by atoms with E-state index in [9.17, 15) is 0 Å². The first-order valence-electron chi connectivity index (χ1n) is 5.51. The molecule has 0 spiro atoms. The highest BCUT2D eigenvalue weighted by Gasteiger charge is 2.20. The van der Waals surface area contributed by atoms with E-state index in [1.54, 1.807) is 0 Å². The molecule has 0 N–H and O–H groups in total. The van der Waals surface area contributed by atoms with Crippen LogP contribution in [-0.4, -0.2) is 28.0 Å². The predicted octanol–water partition coefficient (Wildman–Crippen LogP) is 2.80. The largest absolute Gasteiger partial charge is 0.341 e. The number of hydrogen-bond donors (Lipinski definition) is 0. The van der Waals surface area contributed by atoms with E-state index in [1.807, 2.05) is 0 Å². The molecule has 0 bridgehead atoms. The fourth-order valence-corrected chi connectivity index (χ4v) is 2.35. The van der Waals surface area contributed by atoms with Crippen molar-refractivity contribution in [1.29, 1.82) is 0 Å². The van der Waals surface area contributed by atoms with Crippen LogP contribution in [0.15, 0.2) is 0 Å². The number of aromatic nitrogens is 3. The summed E-state index contributed by atoms with van der Waals surface area (Å²) in [4.78, 5) is 14.0. The normalized spacial score (nSPS) is 17.8. The van der Waals surface area contributed by atoms with Crippen molar-refractivity contribution in [3.05, 3.63) is 10.6 Å². The van der Waals surface area contributed by atoms with Gasteiger partial charge in [0.1, 0.15) is 0 Å². The van der Waals surface area contributed by atoms with Crippen molar-refractivity contribution in [1.82, 2.24) is 15.0 Å². The molecule has 4 nitrogen and oxygen atoms in total. The summed E-state index contributed by atoms with van der Waals surface area (Å²) in [5, 5.41) is 0.320. The summed E-state index contributed by atoms with van der Waals surface area (Å²) in [7, 11) is 0. The number of hydrogen-bond acceptors (Lipinski definition) is 4. The lowest BCUT2D eigenvalue weighted by molar-refractivity contribution is 0.392. The van der Waals surface area contributed by atoms with Crippen LogP contribution < -0.4 is 4.90 Å². The molecule has 1 aliphatic heterocycles. The van der Waals surface area contributed by atoms with Gasteiger partial charge >= 0.3 is 0 Å². The lowest BCUT2D eigenvalue weighted by atomic mass is 9.95. The van der Waals surface area contributed by atoms with Crippen LogP contribution in [0.1, 0.15) is 26.2 Å². The number of anilines is 1. The zero-order valence-corrected chi connectivity index (χ0v) is 10.7. The van der Waals surface area contributed by atoms with Gasteiger partial charge in [0.05, 0.1) is 0 Å². The fourth-order valence-electron chi connectivity index (χ4n) is 2.00. The van der Waals surface area contributed by atoms with Crippen molar-refractivity contribution in [2.45, 2.75) is 26.2 Å². The van der Waals surface area contributed by atoms with E-state index >= 15 is 0 Å². The summed E-state index contributed by atoms with van der Waals surface area (Å²) in [5.74, 6) is 1.42. The van der Waals surface area contributed by atoms with Crippen LogP contribution in [0.5, 0.6) is 0 Å². The van der Waals surface area contributed by atoms with Crippen LogP contribution in [-0.2, 0) is 0 Å². The monoisotopic (exact) mass is 260 g/mol. The molecule has 16 heavy (non-hydrogen) atoms. The van der Waals surface area contributed by atoms with Gasteiger partial charge in [-0.1, -0.05) is 13.3 Å². The molecule has 1 aromatic rings. The Kier molecular flexibility index (Phi) is 3.82. The fraction of sp³-hybridized carbons (Fsp3) is 0.700. The molecule has 1 saturated heterocycles. The van der Waals surface area contributed by atoms with E-state index in [2.05, 4.69) is 26.8 Å². The number of rotatable bonds is 2. The smallest absolute Gasteiger partial charge is 0.230 e. The SMILES string of the molecule is CCC1CCN(c2nc(Cl)nc(Cl)n2)CC1. The van der Waals surface area contributed by atoms with E-state index in [0.29, 0.717) is 5.95 Å². The predicted molar refractivity (Wildman–Crippen MR) is 65.1 cm³/mol. The summed E-state index contributed by atoms with van der Waals surface area (Å²) >= 11 is 11.5. The third kappa shape index (κ3) is 2.74. The van der Waals surface area contributed by atoms with E-state index in [4.69, 9.17) is 23.2 Å². The Morgan fingerprint density at radius 2 is 1.69 bits per heavy atom. The summed E-state index contributed by atoms with van der Waals surface area (Å²) in [6.45, 7) is 4.17. The zero-order valence-electron chi connectivity index (χ0n) is 9.16. The first-order chi connectivity index (χ1) is 7.69. The van der Waals surface area contributed by atoms with Gasteiger partial charge in [-0.15, -0.1) is 0 Å². The van der Waals surface area contributed by atoms with Gasteiger partial charge in [-0.3, -0.25) is 0 Å². The van der Waals surface area contributed by atoms with Crippen LogP contribution >= 0.6 is 23.2 Å². The average Bonchev–Trinajstić information content (AvgIpc) is 2.28. The Morgan fingerprint density at radius 1 is 1.12 bits per heavy atom. The van der Waals surface area contributed by atoms with Crippen molar-refractivity contribution in [3.63, 3.8) is 0 Å². The van der Waals surface area contributed by atoms with E-state index < -0.39 is 0 Å². The zero-order chi connectivity index (χ0) is 11.5. The van der Waals surface area contributed by atoms with E-state index in [0.717, 1.165) is 19.0 Å². The molecule has 0 aliphatic carbocycles. The first-order valence-corrected chi connectivity index (χ1v) is 6.26. The Hall–Kier alpha value is -0.610. The van der Waals surface area contributed by atoms with Crippen molar-refractivity contribution in [2.75, 3.05) is 18.0 Å². The Bertz CT molecular complexity index is 344. The molecule has 0 amide bonds. The molecular weight excluding hydrogens is 247 g/mol. The minimum atomic E-state index is 0.160. The van der Waals surface area contributed by atoms with Crippen molar-refractivity contribution < 1.29 is 0 Å². The minimum Gasteiger partial charge on any atom is -0.341 e. The summed E-state index contributed by atoms with van der Waals surface area (Å²) in [6, 6.07) is 0. The van der Waals surface area contributed by atoms with Gasteiger partial charge in [0.2, 0.25) is 16.5 Å². The van der Waals surface area contributed by atoms with Crippen LogP contribution in [0.2, 0.25) is 10.6 Å². The molecule has 6 heteroatoms. The molecule has 2 rings (SSSR count). The van der Waals surface area contributed by atoms with E-state index in [1.165, 1.54) is 19.3 Å². The first kappa shape index (κ1) is 11.9. The molecule has 0 aromatic carbocycles. The highest BCUT2D eigenvalue weighted by molar-refractivity contribution is 6.31. The molecule has 0 radical (unpaired) electrons. The second kappa shape index (κ2) is 5.15. The summed E-state index contributed by atoms with van der Waals surface area (Å²) < 4.78 is 0. The van der Waals surface area contributed by atoms with Gasteiger partial charge in [0.15, 0.2) is 0 Å². The third-order valence-electron chi connectivity index (χ3n) is 3.04. The number of piperidine rings is 1. The molecule has 2 heterocycles. The topological polar surface area (TPSA) is 41.9 Å². The van der Waals surface area contributed by atoms with Crippen LogP contribution in [0.3, 0.4) is 0 Å². The van der Waals surface area contributed by atoms with Gasteiger partial charge in [-0.05, 0) is 42.0 Å². The van der Waals surface area contributed by atoms with Gasteiger partial charge in [0.25, 0.3) is 0 Å². The van der Waals surface area contributed by atoms with Crippen molar-refractivity contribution in [2.24, 2.45) is 5.92 Å². The third-order valence-corrected chi connectivity index (χ3v) is 3.38. The number of halogens is 2. The van der Waals surface area contributed by atoms with Gasteiger partial charge in [-0.25, -0.2) is 0 Å². The summed E-state index contributed by atoms with van der Waals surface area (Å²) in [5.41, 5.74) is 0. The molecule has 1 fully saturated rings. The maximum absolute atomic E-state index is 5.75. The quantitative estimate of drug-likeness (QED) is 0.820. The maximum Gasteiger partial charge on any atom is 0.230 e. The molecule has 88 valence electrons. The van der Waals surface area contributed by atoms with Gasteiger partial charge < -0.3 is 4.90 Å². The highest BCUT2D eigenvalue weighted by Crippen LogP contribution is 2.23. The van der Waals surface area contributed by atoms with Gasteiger partial charge in [-0.2, -0.15) is 15.0 Å². The number of nitrogens with zero attached hydrogens (tertiary/aromatic N) is 4.